The van der Waals surface area contributed by atoms with E-state index < -0.39 is 5.54 Å². The molecule has 0 atom stereocenters. The number of nitrogens with zero attached hydrogens (tertiary/aromatic N) is 1. The van der Waals surface area contributed by atoms with Gasteiger partial charge in [0.2, 0.25) is 5.91 Å². The fourth-order valence-electron chi connectivity index (χ4n) is 2.43. The third-order valence-corrected chi connectivity index (χ3v) is 3.46. The normalized spacial score (nSPS) is 18.0. The second-order valence-corrected chi connectivity index (χ2v) is 5.52. The molecule has 1 amide bonds. The van der Waals surface area contributed by atoms with E-state index in [1.54, 1.807) is 0 Å². The predicted octanol–water partition coefficient (Wildman–Crippen LogP) is 3.29. The van der Waals surface area contributed by atoms with Crippen molar-refractivity contribution >= 4 is 28.9 Å². The van der Waals surface area contributed by atoms with Crippen LogP contribution in [-0.2, 0) is 4.79 Å². The number of hydrogen-bond acceptors (Lipinski definition) is 2. The lowest BCUT2D eigenvalue weighted by Crippen LogP contribution is -2.58. The summed E-state index contributed by atoms with van der Waals surface area (Å²) in [7, 11) is 0. The first kappa shape index (κ1) is 12.2. The van der Waals surface area contributed by atoms with Crippen LogP contribution in [0.5, 0.6) is 0 Å². The van der Waals surface area contributed by atoms with Gasteiger partial charge in [-0.1, -0.05) is 17.7 Å². The van der Waals surface area contributed by atoms with Crippen molar-refractivity contribution < 1.29 is 4.79 Å². The van der Waals surface area contributed by atoms with Crippen LogP contribution in [0.3, 0.4) is 0 Å². The molecule has 0 bridgehead atoms. The number of fused-ring (bicyclic) bond motifs is 1. The van der Waals surface area contributed by atoms with Gasteiger partial charge in [0, 0.05) is 6.04 Å². The summed E-state index contributed by atoms with van der Waals surface area (Å²) >= 11 is 6.26. The van der Waals surface area contributed by atoms with Crippen molar-refractivity contribution in [3.05, 3.63) is 23.2 Å². The lowest BCUT2D eigenvalue weighted by atomic mass is 9.94. The Hall–Kier alpha value is -1.22. The highest BCUT2D eigenvalue weighted by molar-refractivity contribution is 6.34. The molecule has 2 rings (SSSR count). The van der Waals surface area contributed by atoms with Crippen LogP contribution < -0.4 is 10.2 Å². The molecule has 0 radical (unpaired) electrons. The number of benzene rings is 1. The second-order valence-electron chi connectivity index (χ2n) is 5.11. The number of rotatable bonds is 1. The number of carbonyl (C=O) groups is 1. The molecular weight excluding hydrogens is 236 g/mol. The molecule has 3 nitrogen and oxygen atoms in total. The number of para-hydroxylation sites is 1. The van der Waals surface area contributed by atoms with E-state index in [9.17, 15) is 4.79 Å². The summed E-state index contributed by atoms with van der Waals surface area (Å²) in [6.07, 6.45) is 0. The van der Waals surface area contributed by atoms with E-state index in [0.29, 0.717) is 5.02 Å². The molecule has 0 spiro atoms. The monoisotopic (exact) mass is 252 g/mol. The van der Waals surface area contributed by atoms with Crippen LogP contribution >= 0.6 is 11.6 Å². The highest BCUT2D eigenvalue weighted by atomic mass is 35.5. The van der Waals surface area contributed by atoms with Gasteiger partial charge in [0.25, 0.3) is 0 Å². The Bertz CT molecular complexity index is 468. The maximum atomic E-state index is 12.1. The summed E-state index contributed by atoms with van der Waals surface area (Å²) in [6.45, 7) is 7.95. The van der Waals surface area contributed by atoms with Crippen LogP contribution in [0.1, 0.15) is 27.7 Å². The lowest BCUT2D eigenvalue weighted by Gasteiger charge is -2.46. The summed E-state index contributed by atoms with van der Waals surface area (Å²) in [6, 6.07) is 5.78. The summed E-state index contributed by atoms with van der Waals surface area (Å²) in [5.74, 6) is 0.000895. The Kier molecular flexibility index (Phi) is 2.82. The highest BCUT2D eigenvalue weighted by Gasteiger charge is 2.42. The molecule has 0 aromatic heterocycles. The zero-order valence-electron chi connectivity index (χ0n) is 10.5. The van der Waals surface area contributed by atoms with Crippen LogP contribution in [-0.4, -0.2) is 17.5 Å². The highest BCUT2D eigenvalue weighted by Crippen LogP contribution is 2.42. The minimum Gasteiger partial charge on any atom is -0.352 e. The lowest BCUT2D eigenvalue weighted by molar-refractivity contribution is -0.120. The molecule has 0 fully saturated rings. The summed E-state index contributed by atoms with van der Waals surface area (Å²) in [4.78, 5) is 14.2. The Morgan fingerprint density at radius 2 is 2.00 bits per heavy atom. The van der Waals surface area contributed by atoms with Crippen LogP contribution in [0.4, 0.5) is 11.4 Å². The molecule has 1 heterocycles. The molecule has 0 saturated heterocycles. The first-order chi connectivity index (χ1) is 7.85. The van der Waals surface area contributed by atoms with E-state index in [-0.39, 0.29) is 11.9 Å². The maximum absolute atomic E-state index is 12.1. The predicted molar refractivity (Wildman–Crippen MR) is 71.8 cm³/mol. The zero-order chi connectivity index (χ0) is 12.8. The van der Waals surface area contributed by atoms with Crippen molar-refractivity contribution in [1.29, 1.82) is 0 Å². The summed E-state index contributed by atoms with van der Waals surface area (Å²) in [5.41, 5.74) is 1.11. The quantitative estimate of drug-likeness (QED) is 0.832. The van der Waals surface area contributed by atoms with Gasteiger partial charge in [0.1, 0.15) is 5.54 Å². The fourth-order valence-corrected chi connectivity index (χ4v) is 2.69. The van der Waals surface area contributed by atoms with E-state index in [4.69, 9.17) is 11.6 Å². The molecule has 1 aliphatic rings. The molecule has 92 valence electrons. The third-order valence-electron chi connectivity index (χ3n) is 3.15. The number of carbonyl (C=O) groups excluding carboxylic acids is 1. The fraction of sp³-hybridized carbons (Fsp3) is 0.462. The number of anilines is 2. The molecular formula is C13H17ClN2O. The minimum absolute atomic E-state index is 0.000895. The first-order valence-electron chi connectivity index (χ1n) is 5.75. The van der Waals surface area contributed by atoms with Crippen LogP contribution in [0, 0.1) is 0 Å². The van der Waals surface area contributed by atoms with E-state index in [0.717, 1.165) is 11.4 Å². The smallest absolute Gasteiger partial charge is 0.249 e. The Balaban J connectivity index is 2.66. The average Bonchev–Trinajstić information content (AvgIpc) is 2.20. The number of amides is 1. The van der Waals surface area contributed by atoms with Gasteiger partial charge in [-0.2, -0.15) is 0 Å². The molecule has 1 aliphatic heterocycles. The SMILES string of the molecule is CC(C)N1c2c(Cl)cccc2NC(=O)C1(C)C. The van der Waals surface area contributed by atoms with E-state index in [1.807, 2.05) is 32.0 Å². The number of hydrogen-bond donors (Lipinski definition) is 1. The molecule has 17 heavy (non-hydrogen) atoms. The Morgan fingerprint density at radius 1 is 1.35 bits per heavy atom. The minimum atomic E-state index is -0.591. The zero-order valence-corrected chi connectivity index (χ0v) is 11.3. The topological polar surface area (TPSA) is 32.3 Å². The van der Waals surface area contributed by atoms with Gasteiger partial charge in [-0.15, -0.1) is 0 Å². The van der Waals surface area contributed by atoms with Gasteiger partial charge >= 0.3 is 0 Å². The molecule has 1 aromatic rings. The van der Waals surface area contributed by atoms with E-state index >= 15 is 0 Å². The average molecular weight is 253 g/mol. The van der Waals surface area contributed by atoms with Crippen molar-refractivity contribution in [2.45, 2.75) is 39.3 Å². The molecule has 0 unspecified atom stereocenters. The summed E-state index contributed by atoms with van der Waals surface area (Å²) < 4.78 is 0. The maximum Gasteiger partial charge on any atom is 0.249 e. The standard InChI is InChI=1S/C13H17ClN2O/c1-8(2)16-11-9(14)6-5-7-10(11)15-12(17)13(16,3)4/h5-8H,1-4H3,(H,15,17). The number of halogens is 1. The van der Waals surface area contributed by atoms with Crippen molar-refractivity contribution in [2.75, 3.05) is 10.2 Å². The van der Waals surface area contributed by atoms with Gasteiger partial charge in [-0.3, -0.25) is 4.79 Å². The van der Waals surface area contributed by atoms with E-state index in [2.05, 4.69) is 24.1 Å². The largest absolute Gasteiger partial charge is 0.352 e. The van der Waals surface area contributed by atoms with Crippen molar-refractivity contribution in [1.82, 2.24) is 0 Å². The Morgan fingerprint density at radius 3 is 2.59 bits per heavy atom. The van der Waals surface area contributed by atoms with Crippen molar-refractivity contribution in [3.63, 3.8) is 0 Å². The molecule has 1 aromatic carbocycles. The van der Waals surface area contributed by atoms with Gasteiger partial charge < -0.3 is 10.2 Å². The molecule has 1 N–H and O–H groups in total. The molecule has 0 saturated carbocycles. The molecule has 4 heteroatoms. The number of nitrogens with one attached hydrogen (secondary N) is 1. The Labute approximate surface area is 107 Å². The van der Waals surface area contributed by atoms with Crippen LogP contribution in [0.25, 0.3) is 0 Å². The second kappa shape index (κ2) is 3.91. The van der Waals surface area contributed by atoms with Crippen molar-refractivity contribution in [2.24, 2.45) is 0 Å². The summed E-state index contributed by atoms with van der Waals surface area (Å²) in [5, 5.41) is 3.58. The first-order valence-corrected chi connectivity index (χ1v) is 6.13. The van der Waals surface area contributed by atoms with Gasteiger partial charge in [-0.05, 0) is 39.8 Å². The van der Waals surface area contributed by atoms with Crippen LogP contribution in [0.15, 0.2) is 18.2 Å². The van der Waals surface area contributed by atoms with E-state index in [1.165, 1.54) is 0 Å². The third kappa shape index (κ3) is 1.78. The van der Waals surface area contributed by atoms with Crippen LogP contribution in [0.2, 0.25) is 5.02 Å². The van der Waals surface area contributed by atoms with Gasteiger partial charge in [-0.25, -0.2) is 0 Å². The van der Waals surface area contributed by atoms with Crippen molar-refractivity contribution in [3.8, 4) is 0 Å². The van der Waals surface area contributed by atoms with Gasteiger partial charge in [0.05, 0.1) is 16.4 Å². The molecule has 0 aliphatic carbocycles. The van der Waals surface area contributed by atoms with Gasteiger partial charge in [0.15, 0.2) is 0 Å².